The molecule has 170 valence electrons. The molecule has 1 fully saturated rings. The van der Waals surface area contributed by atoms with E-state index in [-0.39, 0.29) is 22.4 Å². The fourth-order valence-corrected chi connectivity index (χ4v) is 4.56. The van der Waals surface area contributed by atoms with Crippen molar-refractivity contribution in [1.29, 1.82) is 0 Å². The number of hydrogen-bond acceptors (Lipinski definition) is 6. The highest BCUT2D eigenvalue weighted by Gasteiger charge is 2.48. The molecule has 0 saturated carbocycles. The van der Waals surface area contributed by atoms with Crippen LogP contribution in [0.4, 0.5) is 5.82 Å². The van der Waals surface area contributed by atoms with Gasteiger partial charge in [-0.3, -0.25) is 14.6 Å². The van der Waals surface area contributed by atoms with Crippen molar-refractivity contribution >= 4 is 29.7 Å². The van der Waals surface area contributed by atoms with E-state index in [0.29, 0.717) is 40.7 Å². The van der Waals surface area contributed by atoms with E-state index in [2.05, 4.69) is 21.9 Å². The predicted molar refractivity (Wildman–Crippen MR) is 129 cm³/mol. The Bertz CT molecular complexity index is 1300. The number of anilines is 1. The van der Waals surface area contributed by atoms with Gasteiger partial charge in [-0.25, -0.2) is 4.98 Å². The van der Waals surface area contributed by atoms with Gasteiger partial charge in [0.1, 0.15) is 17.7 Å². The second-order valence-electron chi connectivity index (χ2n) is 8.17. The topological polar surface area (TPSA) is 113 Å². The summed E-state index contributed by atoms with van der Waals surface area (Å²) in [5.74, 6) is 7.34. The van der Waals surface area contributed by atoms with Crippen LogP contribution in [0.15, 0.2) is 95.1 Å². The van der Waals surface area contributed by atoms with Crippen LogP contribution in [0, 0.1) is 0 Å². The molecule has 1 saturated heterocycles. The normalized spacial score (nSPS) is 23.0. The number of nitrogens with one attached hydrogen (secondary N) is 1. The van der Waals surface area contributed by atoms with Gasteiger partial charge in [0.15, 0.2) is 0 Å². The SMILES string of the molecule is C=CC(=O)N1CCCC1C1=C2C=NC=C[N+]2(N)C(c2ccccc2C(=O)Nc2ccccn2)=N1. The molecule has 0 radical (unpaired) electrons. The number of rotatable bonds is 5. The zero-order valence-electron chi connectivity index (χ0n) is 18.5. The summed E-state index contributed by atoms with van der Waals surface area (Å²) in [5, 5.41) is 2.83. The van der Waals surface area contributed by atoms with Gasteiger partial charge < -0.3 is 10.2 Å². The molecule has 4 heterocycles. The summed E-state index contributed by atoms with van der Waals surface area (Å²) in [6.45, 7) is 4.25. The highest BCUT2D eigenvalue weighted by atomic mass is 16.2. The lowest BCUT2D eigenvalue weighted by Crippen LogP contribution is -2.53. The molecule has 5 rings (SSSR count). The van der Waals surface area contributed by atoms with Crippen LogP contribution >= 0.6 is 0 Å². The first-order valence-corrected chi connectivity index (χ1v) is 11.0. The number of fused-ring (bicyclic) bond motifs is 1. The Morgan fingerprint density at radius 3 is 2.82 bits per heavy atom. The summed E-state index contributed by atoms with van der Waals surface area (Å²) in [4.78, 5) is 40.8. The number of aliphatic imine (C=N–C) groups is 2. The van der Waals surface area contributed by atoms with Crippen LogP contribution in [-0.2, 0) is 4.79 Å². The number of aromatic nitrogens is 1. The molecule has 3 N–H and O–H groups in total. The van der Waals surface area contributed by atoms with E-state index < -0.39 is 0 Å². The number of likely N-dealkylation sites (tertiary alicyclic amines) is 1. The van der Waals surface area contributed by atoms with Crippen LogP contribution in [-0.4, -0.2) is 50.9 Å². The number of nitrogens with two attached hydrogens (primary N) is 1. The van der Waals surface area contributed by atoms with Gasteiger partial charge in [-0.15, -0.1) is 4.59 Å². The van der Waals surface area contributed by atoms with E-state index in [4.69, 9.17) is 10.8 Å². The molecular weight excluding hydrogens is 430 g/mol. The van der Waals surface area contributed by atoms with E-state index in [1.165, 1.54) is 6.08 Å². The maximum atomic E-state index is 13.2. The van der Waals surface area contributed by atoms with E-state index in [1.54, 1.807) is 60.0 Å². The Balaban J connectivity index is 1.57. The molecule has 0 spiro atoms. The molecule has 2 unspecified atom stereocenters. The standard InChI is InChI=1S/C25H23N7O2/c1-2-22(33)31-14-7-10-19(31)23-20-16-27-13-15-32(20,26)24(30-23)17-8-3-4-9-18(17)25(34)29-21-11-5-6-12-28-21/h2-6,8-9,11-13,15-16,19H,1,7,10,14,26H2/p+1. The number of amides is 2. The third-order valence-corrected chi connectivity index (χ3v) is 6.17. The minimum atomic E-state index is -0.322. The van der Waals surface area contributed by atoms with E-state index in [0.717, 1.165) is 12.8 Å². The number of quaternary nitrogens is 1. The number of carbonyl (C=O) groups excluding carboxylic acids is 2. The zero-order valence-corrected chi connectivity index (χ0v) is 18.5. The fraction of sp³-hybridized carbons (Fsp3) is 0.160. The first kappa shape index (κ1) is 21.6. The van der Waals surface area contributed by atoms with Crippen molar-refractivity contribution in [2.75, 3.05) is 11.9 Å². The smallest absolute Gasteiger partial charge is 0.265 e. The summed E-state index contributed by atoms with van der Waals surface area (Å²) in [6, 6.07) is 12.2. The number of carbonyl (C=O) groups is 2. The van der Waals surface area contributed by atoms with Gasteiger partial charge in [-0.2, -0.15) is 10.8 Å². The van der Waals surface area contributed by atoms with Gasteiger partial charge in [0.25, 0.3) is 11.7 Å². The summed E-state index contributed by atoms with van der Waals surface area (Å²) >= 11 is 0. The molecule has 3 aliphatic heterocycles. The van der Waals surface area contributed by atoms with Gasteiger partial charge >= 0.3 is 0 Å². The van der Waals surface area contributed by atoms with Crippen LogP contribution in [0.1, 0.15) is 28.8 Å². The predicted octanol–water partition coefficient (Wildman–Crippen LogP) is 2.73. The van der Waals surface area contributed by atoms with Gasteiger partial charge in [0, 0.05) is 12.7 Å². The second kappa shape index (κ2) is 8.62. The third-order valence-electron chi connectivity index (χ3n) is 6.17. The monoisotopic (exact) mass is 454 g/mol. The highest BCUT2D eigenvalue weighted by Crippen LogP contribution is 2.37. The molecular formula is C25H24N7O2+. The van der Waals surface area contributed by atoms with Crippen molar-refractivity contribution in [3.63, 3.8) is 0 Å². The number of hydrogen-bond donors (Lipinski definition) is 2. The maximum Gasteiger partial charge on any atom is 0.265 e. The first-order chi connectivity index (χ1) is 16.5. The van der Waals surface area contributed by atoms with Crippen molar-refractivity contribution in [2.45, 2.75) is 18.9 Å². The minimum absolute atomic E-state index is 0.146. The molecule has 2 atom stereocenters. The molecule has 2 amide bonds. The summed E-state index contributed by atoms with van der Waals surface area (Å²) in [6.07, 6.45) is 9.56. The number of allylic oxidation sites excluding steroid dienone is 1. The molecule has 1 aromatic carbocycles. The number of nitrogens with zero attached hydrogens (tertiary/aromatic N) is 5. The fourth-order valence-electron chi connectivity index (χ4n) is 4.56. The molecule has 9 nitrogen and oxygen atoms in total. The Hall–Kier alpha value is -4.21. The van der Waals surface area contributed by atoms with Gasteiger partial charge in [-0.1, -0.05) is 24.8 Å². The average Bonchev–Trinajstić information content (AvgIpc) is 3.46. The highest BCUT2D eigenvalue weighted by molar-refractivity contribution is 6.13. The molecule has 2 aromatic rings. The first-order valence-electron chi connectivity index (χ1n) is 11.0. The molecule has 3 aliphatic rings. The lowest BCUT2D eigenvalue weighted by Gasteiger charge is -2.28. The summed E-state index contributed by atoms with van der Waals surface area (Å²) in [5.41, 5.74) is 2.35. The van der Waals surface area contributed by atoms with Crippen LogP contribution in [0.2, 0.25) is 0 Å². The van der Waals surface area contributed by atoms with Crippen molar-refractivity contribution in [3.8, 4) is 0 Å². The van der Waals surface area contributed by atoms with Crippen LogP contribution < -0.4 is 11.2 Å². The summed E-state index contributed by atoms with van der Waals surface area (Å²) < 4.78 is -0.237. The van der Waals surface area contributed by atoms with Crippen molar-refractivity contribution in [3.05, 3.63) is 96.2 Å². The van der Waals surface area contributed by atoms with E-state index >= 15 is 0 Å². The lowest BCUT2D eigenvalue weighted by molar-refractivity contribution is -0.750. The molecule has 0 aliphatic carbocycles. The van der Waals surface area contributed by atoms with E-state index in [1.807, 2.05) is 12.1 Å². The van der Waals surface area contributed by atoms with Crippen LogP contribution in [0.5, 0.6) is 0 Å². The Kier molecular flexibility index (Phi) is 5.48. The molecule has 1 aromatic heterocycles. The van der Waals surface area contributed by atoms with Crippen molar-refractivity contribution < 1.29 is 14.2 Å². The molecule has 0 bridgehead atoms. The second-order valence-corrected chi connectivity index (χ2v) is 8.17. The number of amidine groups is 1. The van der Waals surface area contributed by atoms with Gasteiger partial charge in [-0.05, 0) is 43.2 Å². The van der Waals surface area contributed by atoms with Gasteiger partial charge in [0.2, 0.25) is 11.6 Å². The third kappa shape index (κ3) is 3.57. The number of pyridine rings is 1. The largest absolute Gasteiger partial charge is 0.330 e. The number of benzene rings is 1. The van der Waals surface area contributed by atoms with E-state index in [9.17, 15) is 9.59 Å². The quantitative estimate of drug-likeness (QED) is 0.411. The van der Waals surface area contributed by atoms with Gasteiger partial charge in [0.05, 0.1) is 29.6 Å². The minimum Gasteiger partial charge on any atom is -0.330 e. The molecule has 34 heavy (non-hydrogen) atoms. The lowest BCUT2D eigenvalue weighted by atomic mass is 10.0. The Morgan fingerprint density at radius 2 is 2.03 bits per heavy atom. The average molecular weight is 455 g/mol. The Morgan fingerprint density at radius 1 is 1.21 bits per heavy atom. The maximum absolute atomic E-state index is 13.2. The van der Waals surface area contributed by atoms with Crippen molar-refractivity contribution in [1.82, 2.24) is 9.88 Å². The van der Waals surface area contributed by atoms with Crippen LogP contribution in [0.3, 0.4) is 0 Å². The zero-order chi connectivity index (χ0) is 23.7. The van der Waals surface area contributed by atoms with Crippen molar-refractivity contribution in [2.24, 2.45) is 15.8 Å². The summed E-state index contributed by atoms with van der Waals surface area (Å²) in [7, 11) is 0. The van der Waals surface area contributed by atoms with Crippen LogP contribution in [0.25, 0.3) is 0 Å². The molecule has 9 heteroatoms. The Labute approximate surface area is 196 Å².